The Bertz CT molecular complexity index is 1150. The second kappa shape index (κ2) is 8.14. The van der Waals surface area contributed by atoms with Gasteiger partial charge in [-0.25, -0.2) is 8.42 Å². The summed E-state index contributed by atoms with van der Waals surface area (Å²) in [5, 5.41) is 1.79. The Kier molecular flexibility index (Phi) is 5.35. The van der Waals surface area contributed by atoms with Gasteiger partial charge in [-0.15, -0.1) is 0 Å². The number of rotatable bonds is 4. The minimum Gasteiger partial charge on any atom is -0.298 e. The van der Waals surface area contributed by atoms with Crippen LogP contribution in [0.15, 0.2) is 71.6 Å². The van der Waals surface area contributed by atoms with E-state index in [1.54, 1.807) is 10.4 Å². The molecule has 4 nitrogen and oxygen atoms in total. The number of hydrogen-bond acceptors (Lipinski definition) is 3. The molecule has 156 valence electrons. The Morgan fingerprint density at radius 2 is 1.63 bits per heavy atom. The molecule has 2 aliphatic rings. The fraction of sp³-hybridized carbons (Fsp3) is 0.360. The number of hydrogen-bond donors (Lipinski definition) is 0. The molecule has 0 saturated carbocycles. The van der Waals surface area contributed by atoms with Gasteiger partial charge in [-0.2, -0.15) is 4.31 Å². The largest absolute Gasteiger partial charge is 0.298 e. The van der Waals surface area contributed by atoms with Crippen molar-refractivity contribution in [3.63, 3.8) is 0 Å². The lowest BCUT2D eigenvalue weighted by Gasteiger charge is -2.36. The maximum absolute atomic E-state index is 13.5. The first-order valence-corrected chi connectivity index (χ1v) is 12.3. The summed E-state index contributed by atoms with van der Waals surface area (Å²) >= 11 is 0. The molecule has 1 fully saturated rings. The first-order valence-electron chi connectivity index (χ1n) is 10.9. The molecule has 3 aromatic carbocycles. The van der Waals surface area contributed by atoms with Gasteiger partial charge in [0.15, 0.2) is 0 Å². The van der Waals surface area contributed by atoms with E-state index in [1.165, 1.54) is 11.1 Å². The van der Waals surface area contributed by atoms with Crippen molar-refractivity contribution in [3.05, 3.63) is 77.9 Å². The van der Waals surface area contributed by atoms with Gasteiger partial charge < -0.3 is 0 Å². The molecule has 2 heterocycles. The topological polar surface area (TPSA) is 40.6 Å². The molecular formula is C25H28N2O2S. The smallest absolute Gasteiger partial charge is 0.243 e. The predicted octanol–water partition coefficient (Wildman–Crippen LogP) is 4.30. The maximum atomic E-state index is 13.5. The zero-order valence-corrected chi connectivity index (χ0v) is 18.0. The zero-order valence-electron chi connectivity index (χ0n) is 17.2. The molecule has 0 spiro atoms. The normalized spacial score (nSPS) is 20.9. The molecule has 0 bridgehead atoms. The van der Waals surface area contributed by atoms with E-state index in [-0.39, 0.29) is 0 Å². The molecule has 1 saturated heterocycles. The van der Waals surface area contributed by atoms with Crippen LogP contribution in [0.4, 0.5) is 0 Å². The van der Waals surface area contributed by atoms with Crippen LogP contribution in [0.2, 0.25) is 0 Å². The number of piperidine rings is 1. The van der Waals surface area contributed by atoms with Gasteiger partial charge in [0.25, 0.3) is 0 Å². The standard InChI is InChI=1S/C25H28N2O2S/c28-30(29,25-13-5-11-22-9-3-4-12-24(22)25)27-15-6-7-20(18-27)17-26-16-14-21-8-1-2-10-23(21)19-26/h1-5,8-13,20H,6-7,14-19H2. The Hall–Kier alpha value is -2.21. The molecule has 1 atom stereocenters. The van der Waals surface area contributed by atoms with Gasteiger partial charge in [0.05, 0.1) is 4.90 Å². The third kappa shape index (κ3) is 3.78. The van der Waals surface area contributed by atoms with Gasteiger partial charge >= 0.3 is 0 Å². The van der Waals surface area contributed by atoms with Crippen molar-refractivity contribution in [1.82, 2.24) is 9.21 Å². The molecule has 30 heavy (non-hydrogen) atoms. The minimum absolute atomic E-state index is 0.383. The summed E-state index contributed by atoms with van der Waals surface area (Å²) < 4.78 is 28.8. The van der Waals surface area contributed by atoms with Crippen molar-refractivity contribution in [1.29, 1.82) is 0 Å². The number of fused-ring (bicyclic) bond motifs is 2. The first kappa shape index (κ1) is 19.7. The monoisotopic (exact) mass is 420 g/mol. The Labute approximate surface area is 179 Å². The van der Waals surface area contributed by atoms with Crippen LogP contribution in [0.25, 0.3) is 10.8 Å². The predicted molar refractivity (Wildman–Crippen MR) is 121 cm³/mol. The second-order valence-electron chi connectivity index (χ2n) is 8.60. The first-order chi connectivity index (χ1) is 14.6. The number of benzene rings is 3. The summed E-state index contributed by atoms with van der Waals surface area (Å²) in [4.78, 5) is 2.94. The van der Waals surface area contributed by atoms with E-state index in [1.807, 2.05) is 36.4 Å². The zero-order chi connectivity index (χ0) is 20.6. The molecule has 3 aromatic rings. The lowest BCUT2D eigenvalue weighted by atomic mass is 9.95. The fourth-order valence-corrected chi connectivity index (χ4v) is 6.80. The van der Waals surface area contributed by atoms with E-state index in [2.05, 4.69) is 29.2 Å². The van der Waals surface area contributed by atoms with E-state index >= 15 is 0 Å². The van der Waals surface area contributed by atoms with Crippen LogP contribution in [0, 0.1) is 5.92 Å². The number of sulfonamides is 1. The summed E-state index contributed by atoms with van der Waals surface area (Å²) in [5.41, 5.74) is 2.87. The highest BCUT2D eigenvalue weighted by molar-refractivity contribution is 7.89. The molecule has 5 rings (SSSR count). The Balaban J connectivity index is 1.33. The molecule has 1 unspecified atom stereocenters. The lowest BCUT2D eigenvalue weighted by Crippen LogP contribution is -2.44. The van der Waals surface area contributed by atoms with Gasteiger partial charge in [0.2, 0.25) is 10.0 Å². The Morgan fingerprint density at radius 3 is 2.53 bits per heavy atom. The van der Waals surface area contributed by atoms with Crippen LogP contribution in [0.5, 0.6) is 0 Å². The number of nitrogens with zero attached hydrogens (tertiary/aromatic N) is 2. The van der Waals surface area contributed by atoms with E-state index in [0.717, 1.165) is 49.7 Å². The van der Waals surface area contributed by atoms with Crippen LogP contribution in [0.1, 0.15) is 24.0 Å². The maximum Gasteiger partial charge on any atom is 0.243 e. The average molecular weight is 421 g/mol. The van der Waals surface area contributed by atoms with E-state index in [9.17, 15) is 8.42 Å². The highest BCUT2D eigenvalue weighted by Gasteiger charge is 2.32. The van der Waals surface area contributed by atoms with Gasteiger partial charge in [-0.3, -0.25) is 4.90 Å². The third-order valence-corrected chi connectivity index (χ3v) is 8.50. The molecule has 0 aromatic heterocycles. The summed E-state index contributed by atoms with van der Waals surface area (Å²) in [6, 6.07) is 22.0. The molecule has 2 aliphatic heterocycles. The molecule has 0 aliphatic carbocycles. The van der Waals surface area contributed by atoms with Crippen molar-refractivity contribution in [2.24, 2.45) is 5.92 Å². The van der Waals surface area contributed by atoms with Crippen molar-refractivity contribution in [3.8, 4) is 0 Å². The van der Waals surface area contributed by atoms with Crippen molar-refractivity contribution in [2.45, 2.75) is 30.7 Å². The summed E-state index contributed by atoms with van der Waals surface area (Å²) in [6.45, 7) is 4.23. The highest BCUT2D eigenvalue weighted by atomic mass is 32.2. The molecule has 0 amide bonds. The van der Waals surface area contributed by atoms with Crippen LogP contribution in [-0.2, 0) is 23.0 Å². The molecule has 5 heteroatoms. The van der Waals surface area contributed by atoms with Crippen LogP contribution in [-0.4, -0.2) is 43.8 Å². The van der Waals surface area contributed by atoms with Gasteiger partial charge in [-0.05, 0) is 47.8 Å². The van der Waals surface area contributed by atoms with Crippen LogP contribution >= 0.6 is 0 Å². The second-order valence-corrected chi connectivity index (χ2v) is 10.5. The average Bonchev–Trinajstić information content (AvgIpc) is 2.79. The summed E-state index contributed by atoms with van der Waals surface area (Å²) in [5.74, 6) is 0.383. The molecule has 0 N–H and O–H groups in total. The molecular weight excluding hydrogens is 392 g/mol. The molecule has 0 radical (unpaired) electrons. The fourth-order valence-electron chi connectivity index (χ4n) is 5.03. The van der Waals surface area contributed by atoms with Crippen LogP contribution < -0.4 is 0 Å². The summed E-state index contributed by atoms with van der Waals surface area (Å²) in [6.07, 6.45) is 3.11. The van der Waals surface area contributed by atoms with Crippen LogP contribution in [0.3, 0.4) is 0 Å². The minimum atomic E-state index is -3.50. The van der Waals surface area contributed by atoms with E-state index in [0.29, 0.717) is 23.9 Å². The van der Waals surface area contributed by atoms with Gasteiger partial charge in [-0.1, -0.05) is 60.7 Å². The van der Waals surface area contributed by atoms with Gasteiger partial charge in [0, 0.05) is 38.1 Å². The van der Waals surface area contributed by atoms with Crippen molar-refractivity contribution >= 4 is 20.8 Å². The SMILES string of the molecule is O=S(=O)(c1cccc2ccccc12)N1CCCC(CN2CCc3ccccc3C2)C1. The highest BCUT2D eigenvalue weighted by Crippen LogP contribution is 2.30. The van der Waals surface area contributed by atoms with Crippen molar-refractivity contribution in [2.75, 3.05) is 26.2 Å². The summed E-state index contributed by atoms with van der Waals surface area (Å²) in [7, 11) is -3.50. The quantitative estimate of drug-likeness (QED) is 0.632. The lowest BCUT2D eigenvalue weighted by molar-refractivity contribution is 0.167. The van der Waals surface area contributed by atoms with E-state index in [4.69, 9.17) is 0 Å². The van der Waals surface area contributed by atoms with Crippen molar-refractivity contribution < 1.29 is 8.42 Å². The van der Waals surface area contributed by atoms with Gasteiger partial charge in [0.1, 0.15) is 0 Å². The third-order valence-electron chi connectivity index (χ3n) is 6.58. The van der Waals surface area contributed by atoms with E-state index < -0.39 is 10.0 Å². The Morgan fingerprint density at radius 1 is 0.867 bits per heavy atom.